The summed E-state index contributed by atoms with van der Waals surface area (Å²) in [6.07, 6.45) is 4.40. The summed E-state index contributed by atoms with van der Waals surface area (Å²) in [7, 11) is 0. The lowest BCUT2D eigenvalue weighted by atomic mass is 9.82. The second-order valence-electron chi connectivity index (χ2n) is 8.08. The number of aliphatic carboxylic acids is 1. The van der Waals surface area contributed by atoms with Gasteiger partial charge in [0.05, 0.1) is 4.88 Å². The van der Waals surface area contributed by atoms with E-state index in [4.69, 9.17) is 21.4 Å². The monoisotopic (exact) mass is 485 g/mol. The molecule has 1 aromatic heterocycles. The molecule has 0 amide bonds. The van der Waals surface area contributed by atoms with Gasteiger partial charge in [0.15, 0.2) is 17.2 Å². The molecule has 4 rings (SSSR count). The highest BCUT2D eigenvalue weighted by Gasteiger charge is 2.25. The highest BCUT2D eigenvalue weighted by atomic mass is 35.5. The minimum absolute atomic E-state index is 0.107. The number of carboxylic acid groups (broad SMARTS) is 2. The summed E-state index contributed by atoms with van der Waals surface area (Å²) in [4.78, 5) is 22.9. The molecule has 33 heavy (non-hydrogen) atoms. The van der Waals surface area contributed by atoms with Crippen molar-refractivity contribution in [2.45, 2.75) is 37.6 Å². The molecule has 6 nitrogen and oxygen atoms in total. The Hall–Kier alpha value is -3.03. The average molecular weight is 486 g/mol. The maximum atomic E-state index is 11.6. The maximum Gasteiger partial charge on any atom is 0.349 e. The van der Waals surface area contributed by atoms with Crippen LogP contribution in [-0.2, 0) is 4.79 Å². The number of carbonyl (C=O) groups is 2. The summed E-state index contributed by atoms with van der Waals surface area (Å²) in [5.41, 5.74) is 3.09. The minimum Gasteiger partial charge on any atom is -0.479 e. The SMILES string of the molecule is O=C(O)COc1c(C(=O)O)sc(-c2cccc(N[C@H]3CC[C@@H](c4ccccc4)CC3)c2)c1Cl. The molecule has 172 valence electrons. The largest absolute Gasteiger partial charge is 0.479 e. The van der Waals surface area contributed by atoms with Gasteiger partial charge >= 0.3 is 11.9 Å². The van der Waals surface area contributed by atoms with E-state index in [2.05, 4.69) is 29.6 Å². The number of thiophene rings is 1. The lowest BCUT2D eigenvalue weighted by Crippen LogP contribution is -2.25. The van der Waals surface area contributed by atoms with Crippen LogP contribution in [0.5, 0.6) is 5.75 Å². The number of anilines is 1. The third-order valence-electron chi connectivity index (χ3n) is 5.84. The molecule has 1 fully saturated rings. The molecule has 1 aliphatic rings. The topological polar surface area (TPSA) is 95.9 Å². The van der Waals surface area contributed by atoms with E-state index in [9.17, 15) is 14.7 Å². The first kappa shape index (κ1) is 23.1. The van der Waals surface area contributed by atoms with Gasteiger partial charge in [-0.15, -0.1) is 11.3 Å². The lowest BCUT2D eigenvalue weighted by molar-refractivity contribution is -0.139. The number of hydrogen-bond donors (Lipinski definition) is 3. The number of ether oxygens (including phenoxy) is 1. The minimum atomic E-state index is -1.21. The fourth-order valence-corrected chi connectivity index (χ4v) is 5.67. The van der Waals surface area contributed by atoms with Crippen molar-refractivity contribution in [1.82, 2.24) is 0 Å². The van der Waals surface area contributed by atoms with Crippen LogP contribution in [-0.4, -0.2) is 34.8 Å². The van der Waals surface area contributed by atoms with Crippen molar-refractivity contribution in [1.29, 1.82) is 0 Å². The number of benzene rings is 2. The quantitative estimate of drug-likeness (QED) is 0.343. The first-order valence-electron chi connectivity index (χ1n) is 10.7. The van der Waals surface area contributed by atoms with Gasteiger partial charge in [0.1, 0.15) is 5.02 Å². The summed E-state index contributed by atoms with van der Waals surface area (Å²) in [5, 5.41) is 22.1. The molecule has 0 radical (unpaired) electrons. The number of carboxylic acids is 2. The Morgan fingerprint density at radius 2 is 1.76 bits per heavy atom. The number of aromatic carboxylic acids is 1. The van der Waals surface area contributed by atoms with Crippen LogP contribution >= 0.6 is 22.9 Å². The van der Waals surface area contributed by atoms with E-state index in [1.807, 2.05) is 30.3 Å². The molecule has 1 saturated carbocycles. The zero-order valence-electron chi connectivity index (χ0n) is 17.8. The fraction of sp³-hybridized carbons (Fsp3) is 0.280. The fourth-order valence-electron chi connectivity index (χ4n) is 4.27. The van der Waals surface area contributed by atoms with Gasteiger partial charge in [0.25, 0.3) is 0 Å². The molecule has 1 heterocycles. The van der Waals surface area contributed by atoms with Crippen LogP contribution in [0.25, 0.3) is 10.4 Å². The Balaban J connectivity index is 1.48. The first-order valence-corrected chi connectivity index (χ1v) is 11.9. The van der Waals surface area contributed by atoms with Gasteiger partial charge in [0, 0.05) is 11.7 Å². The second-order valence-corrected chi connectivity index (χ2v) is 9.47. The molecule has 0 atom stereocenters. The Morgan fingerprint density at radius 1 is 1.03 bits per heavy atom. The molecule has 0 bridgehead atoms. The van der Waals surface area contributed by atoms with Crippen molar-refractivity contribution in [3.63, 3.8) is 0 Å². The zero-order chi connectivity index (χ0) is 23.4. The highest BCUT2D eigenvalue weighted by molar-refractivity contribution is 7.18. The van der Waals surface area contributed by atoms with E-state index in [-0.39, 0.29) is 15.6 Å². The van der Waals surface area contributed by atoms with Crippen LogP contribution in [0.2, 0.25) is 5.02 Å². The predicted molar refractivity (Wildman–Crippen MR) is 130 cm³/mol. The van der Waals surface area contributed by atoms with E-state index in [1.165, 1.54) is 5.56 Å². The van der Waals surface area contributed by atoms with Crippen molar-refractivity contribution < 1.29 is 24.5 Å². The maximum absolute atomic E-state index is 11.6. The van der Waals surface area contributed by atoms with Gasteiger partial charge in [-0.3, -0.25) is 0 Å². The molecule has 3 N–H and O–H groups in total. The summed E-state index contributed by atoms with van der Waals surface area (Å²) in [6.45, 7) is -0.663. The number of nitrogens with one attached hydrogen (secondary N) is 1. The molecule has 8 heteroatoms. The molecular weight excluding hydrogens is 462 g/mol. The van der Waals surface area contributed by atoms with Crippen molar-refractivity contribution in [3.05, 3.63) is 70.1 Å². The van der Waals surface area contributed by atoms with Gasteiger partial charge < -0.3 is 20.3 Å². The summed E-state index contributed by atoms with van der Waals surface area (Å²) >= 11 is 7.39. The summed E-state index contributed by atoms with van der Waals surface area (Å²) in [6, 6.07) is 18.7. The molecule has 2 aromatic carbocycles. The Morgan fingerprint density at radius 3 is 2.42 bits per heavy atom. The van der Waals surface area contributed by atoms with Gasteiger partial charge in [-0.05, 0) is 54.9 Å². The van der Waals surface area contributed by atoms with Crippen LogP contribution in [0.4, 0.5) is 5.69 Å². The van der Waals surface area contributed by atoms with Gasteiger partial charge in [-0.25, -0.2) is 9.59 Å². The standard InChI is InChI=1S/C25H24ClNO5S/c26-21-22(32-14-20(28)29)24(25(30)31)33-23(21)17-7-4-8-19(13-17)27-18-11-9-16(10-12-18)15-5-2-1-3-6-15/h1-8,13,16,18,27H,9-12,14H2,(H,28,29)(H,30,31)/t16-,18+. The lowest BCUT2D eigenvalue weighted by Gasteiger charge is -2.30. The predicted octanol–water partition coefficient (Wildman–Crippen LogP) is 6.37. The molecule has 0 aliphatic heterocycles. The van der Waals surface area contributed by atoms with Crippen molar-refractivity contribution in [3.8, 4) is 16.2 Å². The molecular formula is C25H24ClNO5S. The Kier molecular flexibility index (Phi) is 7.20. The normalized spacial score (nSPS) is 18.0. The second kappa shape index (κ2) is 10.3. The van der Waals surface area contributed by atoms with Crippen molar-refractivity contribution in [2.24, 2.45) is 0 Å². The van der Waals surface area contributed by atoms with Gasteiger partial charge in [0.2, 0.25) is 0 Å². The van der Waals surface area contributed by atoms with E-state index < -0.39 is 18.5 Å². The van der Waals surface area contributed by atoms with Crippen LogP contribution in [0.15, 0.2) is 54.6 Å². The molecule has 0 unspecified atom stereocenters. The number of halogens is 1. The van der Waals surface area contributed by atoms with Gasteiger partial charge in [-0.1, -0.05) is 54.1 Å². The molecule has 0 spiro atoms. The van der Waals surface area contributed by atoms with Crippen LogP contribution in [0.3, 0.4) is 0 Å². The Bertz CT molecular complexity index is 1140. The van der Waals surface area contributed by atoms with Crippen LogP contribution in [0.1, 0.15) is 46.8 Å². The summed E-state index contributed by atoms with van der Waals surface area (Å²) < 4.78 is 5.17. The van der Waals surface area contributed by atoms with E-state index in [0.717, 1.165) is 48.3 Å². The molecule has 1 aliphatic carbocycles. The highest BCUT2D eigenvalue weighted by Crippen LogP contribution is 2.46. The van der Waals surface area contributed by atoms with Crippen molar-refractivity contribution >= 4 is 40.6 Å². The average Bonchev–Trinajstić information content (AvgIpc) is 3.15. The Labute approximate surface area is 200 Å². The van der Waals surface area contributed by atoms with Crippen LogP contribution < -0.4 is 10.1 Å². The van der Waals surface area contributed by atoms with E-state index in [1.54, 1.807) is 0 Å². The smallest absolute Gasteiger partial charge is 0.349 e. The molecule has 3 aromatic rings. The zero-order valence-corrected chi connectivity index (χ0v) is 19.4. The summed E-state index contributed by atoms with van der Waals surface area (Å²) in [5.74, 6) is -1.93. The third kappa shape index (κ3) is 5.49. The van der Waals surface area contributed by atoms with Crippen molar-refractivity contribution in [2.75, 3.05) is 11.9 Å². The van der Waals surface area contributed by atoms with Gasteiger partial charge in [-0.2, -0.15) is 0 Å². The molecule has 0 saturated heterocycles. The number of rotatable bonds is 8. The number of hydrogen-bond acceptors (Lipinski definition) is 5. The van der Waals surface area contributed by atoms with E-state index >= 15 is 0 Å². The first-order chi connectivity index (χ1) is 15.9. The third-order valence-corrected chi connectivity index (χ3v) is 7.52. The van der Waals surface area contributed by atoms with Crippen LogP contribution in [0, 0.1) is 0 Å². The van der Waals surface area contributed by atoms with E-state index in [0.29, 0.717) is 16.8 Å².